The summed E-state index contributed by atoms with van der Waals surface area (Å²) < 4.78 is 1.36. The molecule has 0 aliphatic carbocycles. The molecule has 108 valence electrons. The van der Waals surface area contributed by atoms with Crippen LogP contribution in [0.4, 0.5) is 5.69 Å². The highest BCUT2D eigenvalue weighted by Crippen LogP contribution is 2.17. The van der Waals surface area contributed by atoms with Crippen LogP contribution in [0.1, 0.15) is 26.3 Å². The zero-order valence-corrected chi connectivity index (χ0v) is 11.6. The number of hydrogen-bond acceptors (Lipinski definition) is 3. The van der Waals surface area contributed by atoms with Crippen molar-refractivity contribution in [2.24, 2.45) is 7.05 Å². The third kappa shape index (κ3) is 3.17. The molecule has 0 atom stereocenters. The van der Waals surface area contributed by atoms with Gasteiger partial charge in [-0.25, -0.2) is 4.79 Å². The van der Waals surface area contributed by atoms with Crippen molar-refractivity contribution in [3.05, 3.63) is 63.6 Å². The molecule has 2 aromatic rings. The number of carbonyl (C=O) groups excluding carboxylic acids is 1. The van der Waals surface area contributed by atoms with Crippen molar-refractivity contribution in [3.8, 4) is 0 Å². The number of carbonyl (C=O) groups is 2. The summed E-state index contributed by atoms with van der Waals surface area (Å²) >= 11 is 0. The van der Waals surface area contributed by atoms with E-state index in [4.69, 9.17) is 5.11 Å². The van der Waals surface area contributed by atoms with Crippen molar-refractivity contribution in [2.45, 2.75) is 6.92 Å². The Labute approximate surface area is 120 Å². The van der Waals surface area contributed by atoms with Gasteiger partial charge in [-0.1, -0.05) is 0 Å². The molecule has 0 radical (unpaired) electrons. The van der Waals surface area contributed by atoms with Crippen LogP contribution in [-0.4, -0.2) is 21.6 Å². The normalized spacial score (nSPS) is 10.2. The first-order chi connectivity index (χ1) is 9.88. The van der Waals surface area contributed by atoms with Crippen LogP contribution in [0.3, 0.4) is 0 Å². The Morgan fingerprint density at radius 3 is 2.43 bits per heavy atom. The van der Waals surface area contributed by atoms with Crippen molar-refractivity contribution in [2.75, 3.05) is 5.32 Å². The molecule has 1 aromatic heterocycles. The van der Waals surface area contributed by atoms with E-state index in [0.717, 1.165) is 0 Å². The molecule has 0 aliphatic heterocycles. The largest absolute Gasteiger partial charge is 0.478 e. The summed E-state index contributed by atoms with van der Waals surface area (Å²) in [6.45, 7) is 1.70. The van der Waals surface area contributed by atoms with E-state index in [1.807, 2.05) is 0 Å². The average Bonchev–Trinajstić information content (AvgIpc) is 2.43. The quantitative estimate of drug-likeness (QED) is 0.897. The molecule has 21 heavy (non-hydrogen) atoms. The topological polar surface area (TPSA) is 88.4 Å². The number of carboxylic acid groups (broad SMARTS) is 1. The Morgan fingerprint density at radius 2 is 1.86 bits per heavy atom. The fourth-order valence-electron chi connectivity index (χ4n) is 1.82. The number of hydrogen-bond donors (Lipinski definition) is 2. The Hall–Kier alpha value is -2.89. The van der Waals surface area contributed by atoms with Gasteiger partial charge >= 0.3 is 5.97 Å². The minimum Gasteiger partial charge on any atom is -0.478 e. The Kier molecular flexibility index (Phi) is 3.89. The first kappa shape index (κ1) is 14.5. The van der Waals surface area contributed by atoms with E-state index in [9.17, 15) is 14.4 Å². The lowest BCUT2D eigenvalue weighted by molar-refractivity contribution is 0.0696. The van der Waals surface area contributed by atoms with E-state index in [1.54, 1.807) is 14.0 Å². The molecule has 6 nitrogen and oxygen atoms in total. The van der Waals surface area contributed by atoms with Crippen molar-refractivity contribution < 1.29 is 14.7 Å². The molecule has 0 unspecified atom stereocenters. The van der Waals surface area contributed by atoms with E-state index in [1.165, 1.54) is 41.1 Å². The zero-order valence-electron chi connectivity index (χ0n) is 11.6. The highest BCUT2D eigenvalue weighted by atomic mass is 16.4. The highest BCUT2D eigenvalue weighted by molar-refractivity contribution is 6.04. The van der Waals surface area contributed by atoms with Crippen molar-refractivity contribution >= 4 is 17.6 Å². The number of nitrogens with one attached hydrogen (secondary N) is 1. The van der Waals surface area contributed by atoms with Gasteiger partial charge in [-0.15, -0.1) is 0 Å². The van der Waals surface area contributed by atoms with Crippen LogP contribution in [0.5, 0.6) is 0 Å². The van der Waals surface area contributed by atoms with Crippen molar-refractivity contribution in [1.29, 1.82) is 0 Å². The van der Waals surface area contributed by atoms with Crippen LogP contribution in [0.2, 0.25) is 0 Å². The van der Waals surface area contributed by atoms with E-state index < -0.39 is 11.9 Å². The summed E-state index contributed by atoms with van der Waals surface area (Å²) in [4.78, 5) is 34.4. The number of amides is 1. The number of aromatic carboxylic acids is 1. The number of pyridine rings is 1. The molecular formula is C15H14N2O4. The van der Waals surface area contributed by atoms with E-state index in [0.29, 0.717) is 11.3 Å². The van der Waals surface area contributed by atoms with Crippen LogP contribution >= 0.6 is 0 Å². The Balaban J connectivity index is 2.25. The number of aryl methyl sites for hydroxylation is 2. The average molecular weight is 286 g/mol. The predicted molar refractivity (Wildman–Crippen MR) is 77.8 cm³/mol. The molecule has 2 N–H and O–H groups in total. The molecule has 0 spiro atoms. The lowest BCUT2D eigenvalue weighted by Gasteiger charge is -2.09. The molecule has 0 saturated heterocycles. The third-order valence-electron chi connectivity index (χ3n) is 3.09. The minimum atomic E-state index is -1.03. The van der Waals surface area contributed by atoms with Gasteiger partial charge in [0.25, 0.3) is 11.5 Å². The lowest BCUT2D eigenvalue weighted by atomic mass is 10.1. The molecule has 0 bridgehead atoms. The maximum Gasteiger partial charge on any atom is 0.335 e. The van der Waals surface area contributed by atoms with Gasteiger partial charge in [0.15, 0.2) is 0 Å². The molecule has 0 aliphatic rings. The molecule has 6 heteroatoms. The molecular weight excluding hydrogens is 272 g/mol. The second-order valence-electron chi connectivity index (χ2n) is 4.65. The van der Waals surface area contributed by atoms with Gasteiger partial charge in [0.1, 0.15) is 0 Å². The first-order valence-corrected chi connectivity index (χ1v) is 6.20. The Morgan fingerprint density at radius 1 is 1.14 bits per heavy atom. The Bertz CT molecular complexity index is 777. The van der Waals surface area contributed by atoms with E-state index in [-0.39, 0.29) is 16.7 Å². The molecule has 0 saturated carbocycles. The fourth-order valence-corrected chi connectivity index (χ4v) is 1.82. The minimum absolute atomic E-state index is 0.152. The van der Waals surface area contributed by atoms with Crippen molar-refractivity contribution in [1.82, 2.24) is 4.57 Å². The third-order valence-corrected chi connectivity index (χ3v) is 3.09. The van der Waals surface area contributed by atoms with Gasteiger partial charge in [-0.05, 0) is 36.8 Å². The maximum absolute atomic E-state index is 12.1. The molecule has 1 aromatic carbocycles. The summed E-state index contributed by atoms with van der Waals surface area (Å²) in [6.07, 6.45) is 1.51. The fraction of sp³-hybridized carbons (Fsp3) is 0.133. The van der Waals surface area contributed by atoms with Crippen LogP contribution in [0.25, 0.3) is 0 Å². The summed E-state index contributed by atoms with van der Waals surface area (Å²) in [6, 6.07) is 7.20. The summed E-state index contributed by atoms with van der Waals surface area (Å²) in [5.74, 6) is -1.44. The summed E-state index contributed by atoms with van der Waals surface area (Å²) in [7, 11) is 1.60. The second kappa shape index (κ2) is 5.62. The highest BCUT2D eigenvalue weighted by Gasteiger charge is 2.10. The number of rotatable bonds is 3. The van der Waals surface area contributed by atoms with Gasteiger partial charge in [0.05, 0.1) is 5.56 Å². The predicted octanol–water partition coefficient (Wildman–Crippen LogP) is 1.64. The van der Waals surface area contributed by atoms with Gasteiger partial charge in [-0.2, -0.15) is 0 Å². The summed E-state index contributed by atoms with van der Waals surface area (Å²) in [5.41, 5.74) is 1.26. The number of aromatic nitrogens is 1. The smallest absolute Gasteiger partial charge is 0.335 e. The van der Waals surface area contributed by atoms with Crippen molar-refractivity contribution in [3.63, 3.8) is 0 Å². The first-order valence-electron chi connectivity index (χ1n) is 6.20. The van der Waals surface area contributed by atoms with E-state index >= 15 is 0 Å². The van der Waals surface area contributed by atoms with E-state index in [2.05, 4.69) is 5.32 Å². The van der Waals surface area contributed by atoms with Gasteiger partial charge in [-0.3, -0.25) is 9.59 Å². The maximum atomic E-state index is 12.1. The monoisotopic (exact) mass is 286 g/mol. The second-order valence-corrected chi connectivity index (χ2v) is 4.65. The molecule has 1 heterocycles. The van der Waals surface area contributed by atoms with Gasteiger partial charge in [0.2, 0.25) is 0 Å². The standard InChI is InChI=1S/C15H14N2O4/c1-9-7-11(15(20)21)3-4-12(9)16-14(19)10-5-6-17(2)13(18)8-10/h3-8H,1-2H3,(H,16,19)(H,20,21). The van der Waals surface area contributed by atoms with Gasteiger partial charge < -0.3 is 15.0 Å². The van der Waals surface area contributed by atoms with Gasteiger partial charge in [0, 0.05) is 30.6 Å². The van der Waals surface area contributed by atoms with Crippen LogP contribution < -0.4 is 10.9 Å². The zero-order chi connectivity index (χ0) is 15.6. The summed E-state index contributed by atoms with van der Waals surface area (Å²) in [5, 5.41) is 11.6. The molecule has 0 fully saturated rings. The van der Waals surface area contributed by atoms with Crippen LogP contribution in [-0.2, 0) is 7.05 Å². The number of benzene rings is 1. The number of carboxylic acids is 1. The van der Waals surface area contributed by atoms with Crippen LogP contribution in [0.15, 0.2) is 41.3 Å². The molecule has 2 rings (SSSR count). The SMILES string of the molecule is Cc1cc(C(=O)O)ccc1NC(=O)c1ccn(C)c(=O)c1. The molecule has 1 amide bonds. The number of nitrogens with zero attached hydrogens (tertiary/aromatic N) is 1. The lowest BCUT2D eigenvalue weighted by Crippen LogP contribution is -2.20. The number of anilines is 1. The van der Waals surface area contributed by atoms with Crippen LogP contribution in [0, 0.1) is 6.92 Å².